The van der Waals surface area contributed by atoms with Gasteiger partial charge in [0, 0.05) is 11.0 Å². The van der Waals surface area contributed by atoms with Crippen LogP contribution in [0.3, 0.4) is 0 Å². The molecule has 15 heavy (non-hydrogen) atoms. The number of carbonyl (C=O) groups excluding carboxylic acids is 1. The number of ketones is 1. The van der Waals surface area contributed by atoms with Crippen molar-refractivity contribution < 1.29 is 4.79 Å². The average molecular weight is 202 g/mol. The van der Waals surface area contributed by atoms with Gasteiger partial charge in [0.05, 0.1) is 0 Å². The number of rotatable bonds is 3. The highest BCUT2D eigenvalue weighted by atomic mass is 16.1. The fraction of sp³-hybridized carbons (Fsp3) is 0.500. The number of carbonyl (C=O) groups is 1. The highest BCUT2D eigenvalue weighted by molar-refractivity contribution is 6.03. The predicted molar refractivity (Wildman–Crippen MR) is 62.2 cm³/mol. The van der Waals surface area contributed by atoms with E-state index in [4.69, 9.17) is 0 Å². The molecule has 0 aromatic heterocycles. The molecule has 0 atom stereocenters. The molecular weight excluding hydrogens is 184 g/mol. The van der Waals surface area contributed by atoms with Gasteiger partial charge in [-0.2, -0.15) is 0 Å². The molecule has 1 aromatic carbocycles. The van der Waals surface area contributed by atoms with Crippen LogP contribution in [-0.2, 0) is 0 Å². The molecule has 1 nitrogen and oxygen atoms in total. The van der Waals surface area contributed by atoms with Crippen LogP contribution in [0.2, 0.25) is 0 Å². The molecule has 80 valence electrons. The first-order valence-electron chi connectivity index (χ1n) is 5.68. The number of hydrogen-bond donors (Lipinski definition) is 0. The van der Waals surface area contributed by atoms with Crippen molar-refractivity contribution in [3.63, 3.8) is 0 Å². The summed E-state index contributed by atoms with van der Waals surface area (Å²) in [5.74, 6) is 0.763. The van der Waals surface area contributed by atoms with Crippen molar-refractivity contribution in [3.8, 4) is 0 Å². The minimum absolute atomic E-state index is 0.0506. The Bertz CT molecular complexity index is 386. The van der Waals surface area contributed by atoms with E-state index in [1.807, 2.05) is 18.2 Å². The van der Waals surface area contributed by atoms with Crippen LogP contribution in [0.1, 0.15) is 55.5 Å². The number of Topliss-reactive ketones (excluding diaryl/α,β-unsaturated/α-hetero) is 1. The Kier molecular flexibility index (Phi) is 2.41. The summed E-state index contributed by atoms with van der Waals surface area (Å²) < 4.78 is 0. The minimum Gasteiger partial charge on any atom is -0.294 e. The molecule has 2 rings (SSSR count). The second-order valence-electron chi connectivity index (χ2n) is 5.13. The van der Waals surface area contributed by atoms with Crippen LogP contribution in [0.15, 0.2) is 24.3 Å². The summed E-state index contributed by atoms with van der Waals surface area (Å²) in [5, 5.41) is 0. The van der Waals surface area contributed by atoms with Crippen molar-refractivity contribution in [2.45, 2.75) is 39.5 Å². The Labute approximate surface area is 91.5 Å². The zero-order valence-electron chi connectivity index (χ0n) is 9.71. The summed E-state index contributed by atoms with van der Waals surface area (Å²) in [6, 6.07) is 8.02. The molecule has 1 aliphatic rings. The van der Waals surface area contributed by atoms with Crippen LogP contribution in [-0.4, -0.2) is 5.78 Å². The summed E-state index contributed by atoms with van der Waals surface area (Å²) in [4.78, 5) is 12.3. The van der Waals surface area contributed by atoms with Gasteiger partial charge in [0.15, 0.2) is 5.78 Å². The van der Waals surface area contributed by atoms with Gasteiger partial charge >= 0.3 is 0 Å². The fourth-order valence-electron chi connectivity index (χ4n) is 1.95. The Morgan fingerprint density at radius 2 is 1.87 bits per heavy atom. The molecule has 1 heteroatoms. The first-order valence-corrected chi connectivity index (χ1v) is 5.68. The lowest BCUT2D eigenvalue weighted by atomic mass is 9.89. The molecule has 0 heterocycles. The number of benzene rings is 1. The molecule has 1 aromatic rings. The SMILES string of the molecule is CC(C)c1ccccc1C(=O)C1(C)CC1. The molecular formula is C14H18O. The molecule has 1 fully saturated rings. The normalized spacial score (nSPS) is 17.9. The Morgan fingerprint density at radius 1 is 1.27 bits per heavy atom. The zero-order chi connectivity index (χ0) is 11.1. The van der Waals surface area contributed by atoms with E-state index in [1.165, 1.54) is 5.56 Å². The van der Waals surface area contributed by atoms with Gasteiger partial charge in [0.25, 0.3) is 0 Å². The van der Waals surface area contributed by atoms with Crippen LogP contribution in [0.4, 0.5) is 0 Å². The third-order valence-corrected chi connectivity index (χ3v) is 3.38. The second-order valence-corrected chi connectivity index (χ2v) is 5.13. The van der Waals surface area contributed by atoms with Crippen molar-refractivity contribution in [1.29, 1.82) is 0 Å². The quantitative estimate of drug-likeness (QED) is 0.681. The number of hydrogen-bond acceptors (Lipinski definition) is 1. The van der Waals surface area contributed by atoms with Crippen LogP contribution >= 0.6 is 0 Å². The molecule has 0 bridgehead atoms. The van der Waals surface area contributed by atoms with Gasteiger partial charge in [0.1, 0.15) is 0 Å². The summed E-state index contributed by atoms with van der Waals surface area (Å²) >= 11 is 0. The first kappa shape index (κ1) is 10.4. The molecule has 0 aliphatic heterocycles. The molecule has 0 radical (unpaired) electrons. The predicted octanol–water partition coefficient (Wildman–Crippen LogP) is 3.79. The minimum atomic E-state index is -0.0506. The lowest BCUT2D eigenvalue weighted by molar-refractivity contribution is 0.0911. The fourth-order valence-corrected chi connectivity index (χ4v) is 1.95. The molecule has 0 amide bonds. The average Bonchev–Trinajstić information content (AvgIpc) is 2.96. The van der Waals surface area contributed by atoms with E-state index < -0.39 is 0 Å². The molecule has 0 spiro atoms. The van der Waals surface area contributed by atoms with Crippen LogP contribution in [0.5, 0.6) is 0 Å². The van der Waals surface area contributed by atoms with E-state index in [9.17, 15) is 4.79 Å². The van der Waals surface area contributed by atoms with Crippen LogP contribution in [0, 0.1) is 5.41 Å². The van der Waals surface area contributed by atoms with Gasteiger partial charge in [-0.25, -0.2) is 0 Å². The molecule has 1 saturated carbocycles. The van der Waals surface area contributed by atoms with Gasteiger partial charge in [-0.05, 0) is 24.3 Å². The highest BCUT2D eigenvalue weighted by Crippen LogP contribution is 2.48. The first-order chi connectivity index (χ1) is 7.04. The zero-order valence-corrected chi connectivity index (χ0v) is 9.71. The second kappa shape index (κ2) is 3.48. The standard InChI is InChI=1S/C14H18O/c1-10(2)11-6-4-5-7-12(11)13(15)14(3)8-9-14/h4-7,10H,8-9H2,1-3H3. The lowest BCUT2D eigenvalue weighted by Crippen LogP contribution is -2.14. The lowest BCUT2D eigenvalue weighted by Gasteiger charge is -2.14. The van der Waals surface area contributed by atoms with Gasteiger partial charge in [0.2, 0.25) is 0 Å². The Hall–Kier alpha value is -1.11. The summed E-state index contributed by atoms with van der Waals surface area (Å²) in [6.07, 6.45) is 2.11. The Morgan fingerprint density at radius 3 is 2.40 bits per heavy atom. The maximum atomic E-state index is 12.3. The smallest absolute Gasteiger partial charge is 0.169 e. The van der Waals surface area contributed by atoms with Gasteiger partial charge in [-0.3, -0.25) is 4.79 Å². The summed E-state index contributed by atoms with van der Waals surface area (Å²) in [7, 11) is 0. The monoisotopic (exact) mass is 202 g/mol. The summed E-state index contributed by atoms with van der Waals surface area (Å²) in [6.45, 7) is 6.36. The molecule has 0 saturated heterocycles. The van der Waals surface area contributed by atoms with Crippen molar-refractivity contribution in [2.24, 2.45) is 5.41 Å². The van der Waals surface area contributed by atoms with Crippen molar-refractivity contribution in [1.82, 2.24) is 0 Å². The van der Waals surface area contributed by atoms with Crippen molar-refractivity contribution in [3.05, 3.63) is 35.4 Å². The van der Waals surface area contributed by atoms with E-state index in [1.54, 1.807) is 0 Å². The highest BCUT2D eigenvalue weighted by Gasteiger charge is 2.45. The summed E-state index contributed by atoms with van der Waals surface area (Å²) in [5.41, 5.74) is 2.08. The molecule has 1 aliphatic carbocycles. The third-order valence-electron chi connectivity index (χ3n) is 3.38. The Balaban J connectivity index is 2.39. The maximum Gasteiger partial charge on any atom is 0.169 e. The topological polar surface area (TPSA) is 17.1 Å². The third kappa shape index (κ3) is 1.83. The molecule has 0 unspecified atom stereocenters. The van der Waals surface area contributed by atoms with Crippen LogP contribution in [0.25, 0.3) is 0 Å². The van der Waals surface area contributed by atoms with Crippen LogP contribution < -0.4 is 0 Å². The maximum absolute atomic E-state index is 12.3. The largest absolute Gasteiger partial charge is 0.294 e. The van der Waals surface area contributed by atoms with Crippen molar-refractivity contribution >= 4 is 5.78 Å². The van der Waals surface area contributed by atoms with Gasteiger partial charge < -0.3 is 0 Å². The van der Waals surface area contributed by atoms with Gasteiger partial charge in [-0.1, -0.05) is 45.0 Å². The van der Waals surface area contributed by atoms with E-state index >= 15 is 0 Å². The van der Waals surface area contributed by atoms with Gasteiger partial charge in [-0.15, -0.1) is 0 Å². The van der Waals surface area contributed by atoms with E-state index in [0.29, 0.717) is 11.7 Å². The van der Waals surface area contributed by atoms with E-state index in [0.717, 1.165) is 18.4 Å². The van der Waals surface area contributed by atoms with E-state index in [2.05, 4.69) is 26.8 Å². The van der Waals surface area contributed by atoms with E-state index in [-0.39, 0.29) is 5.41 Å². The van der Waals surface area contributed by atoms with Crippen molar-refractivity contribution in [2.75, 3.05) is 0 Å². The molecule has 0 N–H and O–H groups in total.